The van der Waals surface area contributed by atoms with E-state index >= 15 is 0 Å². The highest BCUT2D eigenvalue weighted by molar-refractivity contribution is 14.1. The van der Waals surface area contributed by atoms with Crippen LogP contribution in [0.4, 0.5) is 0 Å². The van der Waals surface area contributed by atoms with E-state index in [1.165, 1.54) is 11.3 Å². The Kier molecular flexibility index (Phi) is 3.62. The molecular weight excluding hydrogens is 423 g/mol. The molecule has 0 atom stereocenters. The fraction of sp³-hybridized carbons (Fsp3) is 0.200. The predicted octanol–water partition coefficient (Wildman–Crippen LogP) is 5.19. The standard InChI is InChI=1S/C20H17IN4/c1-20(2,3)25-18(14-7-5-4-6-8-14)16(21)17-19(25)24-10-9-13(12-22)11-15(24)23-17/h4-11H,1-3H3. The Morgan fingerprint density at radius 3 is 2.48 bits per heavy atom. The number of halogens is 1. The summed E-state index contributed by atoms with van der Waals surface area (Å²) in [6.07, 6.45) is 1.94. The average Bonchev–Trinajstić information content (AvgIpc) is 3.09. The van der Waals surface area contributed by atoms with E-state index in [4.69, 9.17) is 10.2 Å². The Morgan fingerprint density at radius 1 is 1.12 bits per heavy atom. The fourth-order valence-electron chi connectivity index (χ4n) is 3.28. The van der Waals surface area contributed by atoms with Crippen LogP contribution in [0.3, 0.4) is 0 Å². The molecule has 0 saturated carbocycles. The van der Waals surface area contributed by atoms with E-state index in [2.05, 4.69) is 82.7 Å². The number of hydrogen-bond donors (Lipinski definition) is 0. The highest BCUT2D eigenvalue weighted by Crippen LogP contribution is 2.39. The number of aromatic nitrogens is 3. The lowest BCUT2D eigenvalue weighted by atomic mass is 10.1. The summed E-state index contributed by atoms with van der Waals surface area (Å²) in [5.41, 5.74) is 5.73. The van der Waals surface area contributed by atoms with Gasteiger partial charge in [0.15, 0.2) is 0 Å². The highest BCUT2D eigenvalue weighted by Gasteiger charge is 2.28. The third kappa shape index (κ3) is 2.44. The summed E-state index contributed by atoms with van der Waals surface area (Å²) in [5.74, 6) is 0. The van der Waals surface area contributed by atoms with Crippen LogP contribution in [0, 0.1) is 14.9 Å². The minimum atomic E-state index is -0.114. The minimum absolute atomic E-state index is 0.114. The molecule has 1 aromatic carbocycles. The van der Waals surface area contributed by atoms with Crippen LogP contribution in [0.15, 0.2) is 48.7 Å². The van der Waals surface area contributed by atoms with Crippen LogP contribution in [0.5, 0.6) is 0 Å². The van der Waals surface area contributed by atoms with E-state index in [1.807, 2.05) is 24.4 Å². The van der Waals surface area contributed by atoms with Crippen LogP contribution in [0.2, 0.25) is 0 Å². The number of hydrogen-bond acceptors (Lipinski definition) is 2. The largest absolute Gasteiger partial charge is 0.319 e. The lowest BCUT2D eigenvalue weighted by Crippen LogP contribution is -2.23. The van der Waals surface area contributed by atoms with Crippen LogP contribution < -0.4 is 0 Å². The van der Waals surface area contributed by atoms with Gasteiger partial charge >= 0.3 is 0 Å². The quantitative estimate of drug-likeness (QED) is 0.383. The molecule has 0 unspecified atom stereocenters. The molecule has 0 spiro atoms. The van der Waals surface area contributed by atoms with Gasteiger partial charge in [-0.15, -0.1) is 0 Å². The molecule has 4 nitrogen and oxygen atoms in total. The van der Waals surface area contributed by atoms with Crippen molar-refractivity contribution in [3.05, 3.63) is 57.8 Å². The molecular formula is C20H17IN4. The van der Waals surface area contributed by atoms with E-state index in [9.17, 15) is 0 Å². The maximum absolute atomic E-state index is 9.16. The zero-order chi connectivity index (χ0) is 17.8. The molecule has 4 rings (SSSR count). The second kappa shape index (κ2) is 5.60. The van der Waals surface area contributed by atoms with Gasteiger partial charge in [-0.05, 0) is 61.1 Å². The van der Waals surface area contributed by atoms with Gasteiger partial charge in [-0.25, -0.2) is 4.98 Å². The molecule has 0 aliphatic carbocycles. The van der Waals surface area contributed by atoms with Crippen molar-refractivity contribution < 1.29 is 0 Å². The molecule has 0 amide bonds. The highest BCUT2D eigenvalue weighted by atomic mass is 127. The molecule has 0 N–H and O–H groups in total. The topological polar surface area (TPSA) is 46.0 Å². The number of fused-ring (bicyclic) bond motifs is 3. The second-order valence-corrected chi connectivity index (χ2v) is 8.15. The Hall–Kier alpha value is -2.33. The molecule has 25 heavy (non-hydrogen) atoms. The third-order valence-corrected chi connectivity index (χ3v) is 5.32. The summed E-state index contributed by atoms with van der Waals surface area (Å²) in [5, 5.41) is 9.16. The SMILES string of the molecule is CC(C)(C)n1c(-c2ccccc2)c(I)c2nc3cc(C#N)ccn3c21. The Balaban J connectivity index is 2.18. The van der Waals surface area contributed by atoms with E-state index in [0.29, 0.717) is 5.56 Å². The molecule has 0 fully saturated rings. The van der Waals surface area contributed by atoms with Gasteiger partial charge in [0.2, 0.25) is 0 Å². The summed E-state index contributed by atoms with van der Waals surface area (Å²) in [4.78, 5) is 4.83. The number of rotatable bonds is 1. The number of pyridine rings is 1. The molecule has 4 aromatic rings. The van der Waals surface area contributed by atoms with Gasteiger partial charge in [0.1, 0.15) is 16.8 Å². The number of nitrogens with zero attached hydrogens (tertiary/aromatic N) is 4. The van der Waals surface area contributed by atoms with Gasteiger partial charge in [-0.3, -0.25) is 4.40 Å². The predicted molar refractivity (Wildman–Crippen MR) is 109 cm³/mol. The first-order valence-corrected chi connectivity index (χ1v) is 9.17. The molecule has 3 aromatic heterocycles. The van der Waals surface area contributed by atoms with Gasteiger partial charge < -0.3 is 4.57 Å². The first-order chi connectivity index (χ1) is 11.9. The molecule has 0 saturated heterocycles. The first kappa shape index (κ1) is 16.2. The average molecular weight is 440 g/mol. The van der Waals surface area contributed by atoms with E-state index in [-0.39, 0.29) is 5.54 Å². The Bertz CT molecular complexity index is 1140. The number of imidazole rings is 1. The van der Waals surface area contributed by atoms with E-state index in [1.54, 1.807) is 0 Å². The van der Waals surface area contributed by atoms with Gasteiger partial charge in [0.25, 0.3) is 0 Å². The van der Waals surface area contributed by atoms with Crippen molar-refractivity contribution in [3.8, 4) is 17.3 Å². The summed E-state index contributed by atoms with van der Waals surface area (Å²) >= 11 is 2.39. The van der Waals surface area contributed by atoms with Gasteiger partial charge in [0.05, 0.1) is 20.9 Å². The zero-order valence-electron chi connectivity index (χ0n) is 14.3. The Labute approximate surface area is 159 Å². The number of nitriles is 1. The van der Waals surface area contributed by atoms with Crippen LogP contribution in [-0.2, 0) is 5.54 Å². The van der Waals surface area contributed by atoms with Crippen LogP contribution in [0.1, 0.15) is 26.3 Å². The van der Waals surface area contributed by atoms with Gasteiger partial charge in [-0.2, -0.15) is 5.26 Å². The van der Waals surface area contributed by atoms with Gasteiger partial charge in [-0.1, -0.05) is 30.3 Å². The molecule has 3 heterocycles. The normalized spacial score (nSPS) is 12.0. The maximum Gasteiger partial charge on any atom is 0.147 e. The minimum Gasteiger partial charge on any atom is -0.319 e. The van der Waals surface area contributed by atoms with Crippen molar-refractivity contribution in [3.63, 3.8) is 0 Å². The monoisotopic (exact) mass is 440 g/mol. The second-order valence-electron chi connectivity index (χ2n) is 7.07. The summed E-state index contributed by atoms with van der Waals surface area (Å²) in [6.45, 7) is 6.62. The smallest absolute Gasteiger partial charge is 0.147 e. The third-order valence-electron chi connectivity index (χ3n) is 4.30. The van der Waals surface area contributed by atoms with Crippen molar-refractivity contribution >= 4 is 39.4 Å². The molecule has 0 aliphatic rings. The summed E-state index contributed by atoms with van der Waals surface area (Å²) < 4.78 is 5.57. The van der Waals surface area contributed by atoms with Crippen LogP contribution in [0.25, 0.3) is 28.1 Å². The van der Waals surface area contributed by atoms with Crippen molar-refractivity contribution in [1.29, 1.82) is 5.26 Å². The van der Waals surface area contributed by atoms with E-state index < -0.39 is 0 Å². The lowest BCUT2D eigenvalue weighted by molar-refractivity contribution is 0.412. The zero-order valence-corrected chi connectivity index (χ0v) is 16.4. The molecule has 5 heteroatoms. The first-order valence-electron chi connectivity index (χ1n) is 8.10. The summed E-state index contributed by atoms with van der Waals surface area (Å²) in [6, 6.07) is 16.3. The van der Waals surface area contributed by atoms with Crippen molar-refractivity contribution in [2.45, 2.75) is 26.3 Å². The van der Waals surface area contributed by atoms with Crippen molar-refractivity contribution in [1.82, 2.24) is 14.0 Å². The molecule has 0 aliphatic heterocycles. The number of benzene rings is 1. The molecule has 0 bridgehead atoms. The molecule has 0 radical (unpaired) electrons. The van der Waals surface area contributed by atoms with Crippen LogP contribution in [-0.4, -0.2) is 14.0 Å². The Morgan fingerprint density at radius 2 is 1.84 bits per heavy atom. The van der Waals surface area contributed by atoms with E-state index in [0.717, 1.165) is 20.4 Å². The molecule has 124 valence electrons. The summed E-state index contributed by atoms with van der Waals surface area (Å²) in [7, 11) is 0. The van der Waals surface area contributed by atoms with Gasteiger partial charge in [0, 0.05) is 11.7 Å². The van der Waals surface area contributed by atoms with Crippen LogP contribution >= 0.6 is 22.6 Å². The lowest BCUT2D eigenvalue weighted by Gasteiger charge is -2.26. The fourth-order valence-corrected chi connectivity index (χ4v) is 4.20. The van der Waals surface area contributed by atoms with Crippen molar-refractivity contribution in [2.75, 3.05) is 0 Å². The van der Waals surface area contributed by atoms with Crippen molar-refractivity contribution in [2.24, 2.45) is 0 Å². The maximum atomic E-state index is 9.16.